The van der Waals surface area contributed by atoms with Gasteiger partial charge in [-0.2, -0.15) is 0 Å². The van der Waals surface area contributed by atoms with Crippen molar-refractivity contribution in [1.82, 2.24) is 0 Å². The van der Waals surface area contributed by atoms with E-state index in [2.05, 4.69) is 38.1 Å². The van der Waals surface area contributed by atoms with Crippen LogP contribution in [-0.4, -0.2) is 0 Å². The molecule has 0 aliphatic heterocycles. The molecule has 0 radical (unpaired) electrons. The summed E-state index contributed by atoms with van der Waals surface area (Å²) in [7, 11) is 0. The summed E-state index contributed by atoms with van der Waals surface area (Å²) in [6.07, 6.45) is 0. The summed E-state index contributed by atoms with van der Waals surface area (Å²) in [6.45, 7) is 4.20. The number of thiophene rings is 1. The highest BCUT2D eigenvalue weighted by Gasteiger charge is 2.04. The second kappa shape index (κ2) is 3.46. The summed E-state index contributed by atoms with van der Waals surface area (Å²) in [5, 5.41) is 0.887. The van der Waals surface area contributed by atoms with E-state index in [0.717, 1.165) is 5.00 Å². The van der Waals surface area contributed by atoms with Crippen molar-refractivity contribution in [3.8, 4) is 11.1 Å². The topological polar surface area (TPSA) is 26.0 Å². The molecule has 0 bridgehead atoms. The van der Waals surface area contributed by atoms with Gasteiger partial charge in [0.15, 0.2) is 0 Å². The lowest BCUT2D eigenvalue weighted by molar-refractivity contribution is 1.47. The molecule has 0 fully saturated rings. The Labute approximate surface area is 88.2 Å². The minimum atomic E-state index is 0.887. The minimum absolute atomic E-state index is 0.887. The Morgan fingerprint density at radius 1 is 1.07 bits per heavy atom. The number of hydrogen-bond donors (Lipinski definition) is 1. The number of aryl methyl sites for hydroxylation is 2. The summed E-state index contributed by atoms with van der Waals surface area (Å²) in [5.41, 5.74) is 9.56. The third kappa shape index (κ3) is 1.66. The van der Waals surface area contributed by atoms with Gasteiger partial charge in [-0.1, -0.05) is 29.8 Å². The Kier molecular flexibility index (Phi) is 2.30. The van der Waals surface area contributed by atoms with E-state index in [1.165, 1.54) is 21.6 Å². The highest BCUT2D eigenvalue weighted by molar-refractivity contribution is 7.16. The summed E-state index contributed by atoms with van der Waals surface area (Å²) < 4.78 is 0. The minimum Gasteiger partial charge on any atom is -0.391 e. The van der Waals surface area contributed by atoms with Crippen LogP contribution in [0.1, 0.15) is 10.4 Å². The third-order valence-corrected chi connectivity index (χ3v) is 3.18. The molecule has 1 aromatic carbocycles. The van der Waals surface area contributed by atoms with Crippen molar-refractivity contribution in [2.45, 2.75) is 13.8 Å². The first kappa shape index (κ1) is 9.28. The maximum Gasteiger partial charge on any atom is 0.0865 e. The zero-order valence-corrected chi connectivity index (χ0v) is 9.19. The Bertz CT molecular complexity index is 440. The number of nitrogen functional groups attached to an aromatic ring is 1. The van der Waals surface area contributed by atoms with Gasteiger partial charge in [-0.3, -0.25) is 0 Å². The number of anilines is 1. The van der Waals surface area contributed by atoms with Crippen LogP contribution < -0.4 is 5.73 Å². The van der Waals surface area contributed by atoms with E-state index in [0.29, 0.717) is 0 Å². The van der Waals surface area contributed by atoms with Gasteiger partial charge in [0, 0.05) is 4.88 Å². The van der Waals surface area contributed by atoms with Gasteiger partial charge >= 0.3 is 0 Å². The Balaban J connectivity index is 2.49. The second-order valence-corrected chi connectivity index (χ2v) is 4.77. The SMILES string of the molecule is Cc1ccc(-c2cc(N)sc2C)cc1. The van der Waals surface area contributed by atoms with Crippen molar-refractivity contribution in [1.29, 1.82) is 0 Å². The number of benzene rings is 1. The molecule has 0 saturated heterocycles. The van der Waals surface area contributed by atoms with E-state index in [9.17, 15) is 0 Å². The van der Waals surface area contributed by atoms with E-state index in [-0.39, 0.29) is 0 Å². The number of rotatable bonds is 1. The first-order valence-corrected chi connectivity index (χ1v) is 5.41. The fraction of sp³-hybridized carbons (Fsp3) is 0.167. The van der Waals surface area contributed by atoms with Gasteiger partial charge in [-0.25, -0.2) is 0 Å². The molecule has 0 atom stereocenters. The maximum atomic E-state index is 5.77. The predicted molar refractivity (Wildman–Crippen MR) is 63.6 cm³/mol. The molecule has 2 aromatic rings. The van der Waals surface area contributed by atoms with Gasteiger partial charge in [-0.15, -0.1) is 11.3 Å². The highest BCUT2D eigenvalue weighted by atomic mass is 32.1. The molecule has 0 spiro atoms. The van der Waals surface area contributed by atoms with Crippen molar-refractivity contribution >= 4 is 16.3 Å². The van der Waals surface area contributed by atoms with Gasteiger partial charge < -0.3 is 5.73 Å². The average Bonchev–Trinajstić information content (AvgIpc) is 2.47. The van der Waals surface area contributed by atoms with Crippen LogP contribution in [0.4, 0.5) is 5.00 Å². The molecule has 0 amide bonds. The van der Waals surface area contributed by atoms with Crippen LogP contribution in [0.2, 0.25) is 0 Å². The van der Waals surface area contributed by atoms with Gasteiger partial charge in [-0.05, 0) is 31.0 Å². The molecule has 72 valence electrons. The molecular weight excluding hydrogens is 190 g/mol. The van der Waals surface area contributed by atoms with Crippen LogP contribution in [0, 0.1) is 13.8 Å². The molecule has 2 N–H and O–H groups in total. The van der Waals surface area contributed by atoms with Crippen molar-refractivity contribution in [2.24, 2.45) is 0 Å². The van der Waals surface area contributed by atoms with E-state index < -0.39 is 0 Å². The van der Waals surface area contributed by atoms with Gasteiger partial charge in [0.1, 0.15) is 0 Å². The summed E-state index contributed by atoms with van der Waals surface area (Å²) in [5.74, 6) is 0. The van der Waals surface area contributed by atoms with Crippen molar-refractivity contribution in [2.75, 3.05) is 5.73 Å². The fourth-order valence-corrected chi connectivity index (χ4v) is 2.34. The number of hydrogen-bond acceptors (Lipinski definition) is 2. The van der Waals surface area contributed by atoms with Gasteiger partial charge in [0.05, 0.1) is 5.00 Å². The lowest BCUT2D eigenvalue weighted by atomic mass is 10.1. The molecule has 1 nitrogen and oxygen atoms in total. The molecule has 0 unspecified atom stereocenters. The standard InChI is InChI=1S/C12H13NS/c1-8-3-5-10(6-4-8)11-7-12(13)14-9(11)2/h3-7H,13H2,1-2H3. The summed E-state index contributed by atoms with van der Waals surface area (Å²) in [6, 6.07) is 10.6. The van der Waals surface area contributed by atoms with E-state index >= 15 is 0 Å². The normalized spacial score (nSPS) is 10.4. The smallest absolute Gasteiger partial charge is 0.0865 e. The molecule has 1 aromatic heterocycles. The van der Waals surface area contributed by atoms with Crippen LogP contribution in [-0.2, 0) is 0 Å². The summed E-state index contributed by atoms with van der Waals surface area (Å²) >= 11 is 1.65. The van der Waals surface area contributed by atoms with Crippen LogP contribution >= 0.6 is 11.3 Å². The average molecular weight is 203 g/mol. The predicted octanol–water partition coefficient (Wildman–Crippen LogP) is 3.61. The van der Waals surface area contributed by atoms with Crippen LogP contribution in [0.15, 0.2) is 30.3 Å². The molecular formula is C12H13NS. The summed E-state index contributed by atoms with van der Waals surface area (Å²) in [4.78, 5) is 1.28. The van der Waals surface area contributed by atoms with Crippen molar-refractivity contribution in [3.63, 3.8) is 0 Å². The first-order chi connectivity index (χ1) is 6.66. The van der Waals surface area contributed by atoms with Crippen LogP contribution in [0.3, 0.4) is 0 Å². The molecule has 14 heavy (non-hydrogen) atoms. The fourth-order valence-electron chi connectivity index (χ4n) is 1.52. The second-order valence-electron chi connectivity index (χ2n) is 3.48. The quantitative estimate of drug-likeness (QED) is 0.752. The van der Waals surface area contributed by atoms with Crippen molar-refractivity contribution < 1.29 is 0 Å². The lowest BCUT2D eigenvalue weighted by Crippen LogP contribution is -1.78. The van der Waals surface area contributed by atoms with Crippen LogP contribution in [0.25, 0.3) is 11.1 Å². The van der Waals surface area contributed by atoms with E-state index in [1.54, 1.807) is 11.3 Å². The van der Waals surface area contributed by atoms with Crippen LogP contribution in [0.5, 0.6) is 0 Å². The zero-order valence-electron chi connectivity index (χ0n) is 8.37. The molecule has 1 heterocycles. The van der Waals surface area contributed by atoms with Gasteiger partial charge in [0.2, 0.25) is 0 Å². The molecule has 0 saturated carbocycles. The molecule has 2 rings (SSSR count). The first-order valence-electron chi connectivity index (χ1n) is 4.60. The molecule has 0 aliphatic rings. The molecule has 0 aliphatic carbocycles. The van der Waals surface area contributed by atoms with E-state index in [1.807, 2.05) is 6.07 Å². The maximum absolute atomic E-state index is 5.77. The molecule has 2 heteroatoms. The van der Waals surface area contributed by atoms with Crippen molar-refractivity contribution in [3.05, 3.63) is 40.8 Å². The lowest BCUT2D eigenvalue weighted by Gasteiger charge is -2.00. The zero-order chi connectivity index (χ0) is 10.1. The number of nitrogens with two attached hydrogens (primary N) is 1. The largest absolute Gasteiger partial charge is 0.391 e. The third-order valence-electron chi connectivity index (χ3n) is 2.30. The van der Waals surface area contributed by atoms with Gasteiger partial charge in [0.25, 0.3) is 0 Å². The van der Waals surface area contributed by atoms with E-state index in [4.69, 9.17) is 5.73 Å². The Hall–Kier alpha value is -1.28. The highest BCUT2D eigenvalue weighted by Crippen LogP contribution is 2.32. The Morgan fingerprint density at radius 3 is 2.21 bits per heavy atom. The Morgan fingerprint density at radius 2 is 1.71 bits per heavy atom. The monoisotopic (exact) mass is 203 g/mol.